The lowest BCUT2D eigenvalue weighted by molar-refractivity contribution is 0.0922. The molecule has 3 heterocycles. The van der Waals surface area contributed by atoms with Crippen LogP contribution in [0.25, 0.3) is 5.65 Å². The third-order valence-corrected chi connectivity index (χ3v) is 3.88. The molecular weight excluding hydrogens is 314 g/mol. The average Bonchev–Trinajstić information content (AvgIpc) is 2.96. The minimum atomic E-state index is -0.295. The van der Waals surface area contributed by atoms with Gasteiger partial charge >= 0.3 is 0 Å². The summed E-state index contributed by atoms with van der Waals surface area (Å²) in [6, 6.07) is 8.69. The van der Waals surface area contributed by atoms with Crippen molar-refractivity contribution in [3.63, 3.8) is 0 Å². The van der Waals surface area contributed by atoms with Gasteiger partial charge in [-0.15, -0.1) is 10.2 Å². The maximum atomic E-state index is 12.5. The van der Waals surface area contributed by atoms with E-state index in [1.165, 1.54) is 0 Å². The largest absolute Gasteiger partial charge is 0.342 e. The number of carbonyl (C=O) groups is 1. The molecule has 0 aliphatic rings. The van der Waals surface area contributed by atoms with Crippen LogP contribution in [0, 0.1) is 5.92 Å². The predicted octanol–water partition coefficient (Wildman–Crippen LogP) is 2.90. The molecule has 0 spiro atoms. The number of nitrogens with one attached hydrogen (secondary N) is 1. The van der Waals surface area contributed by atoms with Gasteiger partial charge in [0.05, 0.1) is 11.6 Å². The molecule has 0 aliphatic heterocycles. The number of aromatic nitrogens is 4. The fourth-order valence-corrected chi connectivity index (χ4v) is 2.58. The first-order valence-corrected chi connectivity index (χ1v) is 7.66. The van der Waals surface area contributed by atoms with E-state index in [9.17, 15) is 4.79 Å². The molecule has 0 saturated heterocycles. The fraction of sp³-hybridized carbons (Fsp3) is 0.250. The number of nitrogens with zero attached hydrogens (tertiary/aromatic N) is 4. The Hall–Kier alpha value is -2.47. The van der Waals surface area contributed by atoms with Gasteiger partial charge < -0.3 is 5.32 Å². The van der Waals surface area contributed by atoms with E-state index in [4.69, 9.17) is 11.6 Å². The van der Waals surface area contributed by atoms with E-state index in [1.54, 1.807) is 18.3 Å². The van der Waals surface area contributed by atoms with Crippen LogP contribution in [-0.4, -0.2) is 25.5 Å². The predicted molar refractivity (Wildman–Crippen MR) is 87.3 cm³/mol. The summed E-state index contributed by atoms with van der Waals surface area (Å²) in [4.78, 5) is 16.5. The lowest BCUT2D eigenvalue weighted by Gasteiger charge is -2.21. The second kappa shape index (κ2) is 6.34. The highest BCUT2D eigenvalue weighted by atomic mass is 35.5. The van der Waals surface area contributed by atoms with Crippen molar-refractivity contribution in [1.29, 1.82) is 0 Å². The van der Waals surface area contributed by atoms with Crippen LogP contribution in [-0.2, 0) is 0 Å². The summed E-state index contributed by atoms with van der Waals surface area (Å²) >= 11 is 6.00. The molecule has 0 saturated carbocycles. The van der Waals surface area contributed by atoms with E-state index in [-0.39, 0.29) is 23.0 Å². The minimum Gasteiger partial charge on any atom is -0.342 e. The van der Waals surface area contributed by atoms with Crippen molar-refractivity contribution >= 4 is 23.2 Å². The van der Waals surface area contributed by atoms with Crippen LogP contribution in [0.2, 0.25) is 5.15 Å². The Morgan fingerprint density at radius 1 is 1.22 bits per heavy atom. The number of halogens is 1. The molecule has 1 N–H and O–H groups in total. The highest BCUT2D eigenvalue weighted by molar-refractivity contribution is 6.32. The highest BCUT2D eigenvalue weighted by Crippen LogP contribution is 2.22. The monoisotopic (exact) mass is 329 g/mol. The van der Waals surface area contributed by atoms with Gasteiger partial charge in [0.25, 0.3) is 5.91 Å². The molecule has 1 amide bonds. The molecule has 0 fully saturated rings. The van der Waals surface area contributed by atoms with Crippen molar-refractivity contribution < 1.29 is 4.79 Å². The summed E-state index contributed by atoms with van der Waals surface area (Å²) in [5.74, 6) is 0.528. The van der Waals surface area contributed by atoms with Crippen LogP contribution in [0.4, 0.5) is 0 Å². The Kier molecular flexibility index (Phi) is 4.25. The Labute approximate surface area is 138 Å². The second-order valence-electron chi connectivity index (χ2n) is 5.52. The third-order valence-electron chi connectivity index (χ3n) is 3.58. The number of amides is 1. The van der Waals surface area contributed by atoms with E-state index in [2.05, 4.69) is 20.5 Å². The maximum absolute atomic E-state index is 12.5. The molecule has 0 radical (unpaired) electrons. The molecule has 3 rings (SSSR count). The molecule has 6 nitrogen and oxygen atoms in total. The summed E-state index contributed by atoms with van der Waals surface area (Å²) in [5, 5.41) is 11.5. The highest BCUT2D eigenvalue weighted by Gasteiger charge is 2.25. The summed E-state index contributed by atoms with van der Waals surface area (Å²) in [5.41, 5.74) is 1.08. The van der Waals surface area contributed by atoms with Crippen molar-refractivity contribution in [2.24, 2.45) is 5.92 Å². The molecule has 1 atom stereocenters. The van der Waals surface area contributed by atoms with Crippen LogP contribution in [0.15, 0.2) is 42.7 Å². The second-order valence-corrected chi connectivity index (χ2v) is 5.88. The Bertz CT molecular complexity index is 845. The number of hydrogen-bond donors (Lipinski definition) is 1. The Morgan fingerprint density at radius 3 is 2.78 bits per heavy atom. The first-order chi connectivity index (χ1) is 11.1. The molecule has 0 bridgehead atoms. The maximum Gasteiger partial charge on any atom is 0.255 e. The van der Waals surface area contributed by atoms with Crippen molar-refractivity contribution in [1.82, 2.24) is 24.9 Å². The smallest absolute Gasteiger partial charge is 0.255 e. The van der Waals surface area contributed by atoms with E-state index in [0.717, 1.165) is 5.65 Å². The van der Waals surface area contributed by atoms with Crippen molar-refractivity contribution in [2.75, 3.05) is 0 Å². The lowest BCUT2D eigenvalue weighted by Crippen LogP contribution is -2.33. The van der Waals surface area contributed by atoms with Crippen molar-refractivity contribution in [3.8, 4) is 0 Å². The normalized spacial score (nSPS) is 12.5. The number of rotatable bonds is 4. The number of hydrogen-bond acceptors (Lipinski definition) is 4. The Morgan fingerprint density at radius 2 is 2.04 bits per heavy atom. The van der Waals surface area contributed by atoms with Gasteiger partial charge in [0.15, 0.2) is 11.5 Å². The van der Waals surface area contributed by atoms with E-state index in [1.807, 2.05) is 42.6 Å². The van der Waals surface area contributed by atoms with Crippen LogP contribution in [0.3, 0.4) is 0 Å². The lowest BCUT2D eigenvalue weighted by atomic mass is 10.0. The fourth-order valence-electron chi connectivity index (χ4n) is 2.38. The van der Waals surface area contributed by atoms with Gasteiger partial charge in [-0.05, 0) is 30.2 Å². The zero-order valence-electron chi connectivity index (χ0n) is 12.8. The first-order valence-electron chi connectivity index (χ1n) is 7.29. The Balaban J connectivity index is 1.94. The van der Waals surface area contributed by atoms with Gasteiger partial charge in [0, 0.05) is 12.4 Å². The van der Waals surface area contributed by atoms with Gasteiger partial charge in [-0.3, -0.25) is 9.20 Å². The number of fused-ring (bicyclic) bond motifs is 1. The molecule has 23 heavy (non-hydrogen) atoms. The quantitative estimate of drug-likeness (QED) is 0.747. The van der Waals surface area contributed by atoms with Crippen molar-refractivity contribution in [2.45, 2.75) is 19.9 Å². The van der Waals surface area contributed by atoms with E-state index < -0.39 is 0 Å². The summed E-state index contributed by atoms with van der Waals surface area (Å²) in [7, 11) is 0. The summed E-state index contributed by atoms with van der Waals surface area (Å²) in [6.07, 6.45) is 3.42. The molecule has 0 unspecified atom stereocenters. The topological polar surface area (TPSA) is 72.2 Å². The molecule has 118 valence electrons. The zero-order valence-corrected chi connectivity index (χ0v) is 13.5. The molecular formula is C16H16ClN5O. The van der Waals surface area contributed by atoms with Crippen LogP contribution >= 0.6 is 11.6 Å². The van der Waals surface area contributed by atoms with Gasteiger partial charge in [-0.2, -0.15) is 0 Å². The first kappa shape index (κ1) is 15.4. The molecule has 7 heteroatoms. The van der Waals surface area contributed by atoms with Gasteiger partial charge in [-0.25, -0.2) is 4.98 Å². The summed E-state index contributed by atoms with van der Waals surface area (Å²) < 4.78 is 1.87. The van der Waals surface area contributed by atoms with Crippen molar-refractivity contribution in [3.05, 3.63) is 59.3 Å². The molecule has 3 aromatic rings. The number of carbonyl (C=O) groups excluding carboxylic acids is 1. The molecule has 3 aromatic heterocycles. The van der Waals surface area contributed by atoms with E-state index in [0.29, 0.717) is 11.4 Å². The molecule has 0 aliphatic carbocycles. The average molecular weight is 330 g/mol. The van der Waals surface area contributed by atoms with Crippen LogP contribution in [0.1, 0.15) is 36.1 Å². The van der Waals surface area contributed by atoms with E-state index >= 15 is 0 Å². The van der Waals surface area contributed by atoms with Gasteiger partial charge in [0.2, 0.25) is 0 Å². The van der Waals surface area contributed by atoms with Gasteiger partial charge in [-0.1, -0.05) is 31.5 Å². The SMILES string of the molecule is CC(C)[C@@H](NC(=O)c1cccnc1Cl)c1nnc2ccccn12. The van der Waals surface area contributed by atoms with Gasteiger partial charge in [0.1, 0.15) is 5.15 Å². The van der Waals surface area contributed by atoms with Crippen LogP contribution in [0.5, 0.6) is 0 Å². The number of pyridine rings is 2. The third kappa shape index (κ3) is 3.03. The summed E-state index contributed by atoms with van der Waals surface area (Å²) in [6.45, 7) is 4.03. The zero-order chi connectivity index (χ0) is 16.4. The van der Waals surface area contributed by atoms with Crippen LogP contribution < -0.4 is 5.32 Å². The molecule has 0 aromatic carbocycles. The standard InChI is InChI=1S/C16H16ClN5O/c1-10(2)13(15-21-20-12-7-3-4-9-22(12)15)19-16(23)11-6-5-8-18-14(11)17/h3-10,13H,1-2H3,(H,19,23)/t13-/m1/s1. The minimum absolute atomic E-state index is 0.127.